The monoisotopic (exact) mass is 398 g/mol. The van der Waals surface area contributed by atoms with E-state index in [-0.39, 0.29) is 17.5 Å². The molecule has 1 aromatic heterocycles. The van der Waals surface area contributed by atoms with Crippen LogP contribution in [0.25, 0.3) is 6.08 Å². The van der Waals surface area contributed by atoms with E-state index in [2.05, 4.69) is 19.2 Å². The van der Waals surface area contributed by atoms with Crippen LogP contribution in [0.5, 0.6) is 5.75 Å². The van der Waals surface area contributed by atoms with Crippen LogP contribution in [0.1, 0.15) is 30.0 Å². The second-order valence-electron chi connectivity index (χ2n) is 7.16. The Morgan fingerprint density at radius 1 is 1.17 bits per heavy atom. The molecule has 0 radical (unpaired) electrons. The molecule has 0 aliphatic carbocycles. The van der Waals surface area contributed by atoms with Crippen molar-refractivity contribution in [2.24, 2.45) is 5.92 Å². The molecule has 0 bridgehead atoms. The van der Waals surface area contributed by atoms with Crippen LogP contribution >= 0.6 is 0 Å². The van der Waals surface area contributed by atoms with Gasteiger partial charge in [-0.25, -0.2) is 0 Å². The zero-order valence-electron chi connectivity index (χ0n) is 16.7. The van der Waals surface area contributed by atoms with Gasteiger partial charge in [0.05, 0.1) is 26.1 Å². The lowest BCUT2D eigenvalue weighted by Crippen LogP contribution is -2.44. The summed E-state index contributed by atoms with van der Waals surface area (Å²) in [6.07, 6.45) is 3.05. The number of benzene rings is 1. The summed E-state index contributed by atoms with van der Waals surface area (Å²) in [5, 5.41) is 2.73. The summed E-state index contributed by atoms with van der Waals surface area (Å²) >= 11 is 0. The molecule has 154 valence electrons. The van der Waals surface area contributed by atoms with Gasteiger partial charge in [0.1, 0.15) is 17.2 Å². The minimum Gasteiger partial charge on any atom is -0.493 e. The number of morpholine rings is 1. The van der Waals surface area contributed by atoms with E-state index in [4.69, 9.17) is 13.9 Å². The van der Waals surface area contributed by atoms with E-state index in [1.54, 1.807) is 41.3 Å². The number of ether oxygens (including phenoxy) is 2. The first-order valence-corrected chi connectivity index (χ1v) is 9.69. The first kappa shape index (κ1) is 20.7. The maximum Gasteiger partial charge on any atom is 0.270 e. The average Bonchev–Trinajstić information content (AvgIpc) is 3.25. The number of hydrogen-bond donors (Lipinski definition) is 1. The number of furan rings is 1. The summed E-state index contributed by atoms with van der Waals surface area (Å²) in [4.78, 5) is 27.3. The molecule has 3 rings (SSSR count). The third kappa shape index (κ3) is 5.96. The molecule has 0 spiro atoms. The average molecular weight is 398 g/mol. The third-order valence-electron chi connectivity index (χ3n) is 4.31. The van der Waals surface area contributed by atoms with Gasteiger partial charge in [-0.15, -0.1) is 0 Å². The van der Waals surface area contributed by atoms with Gasteiger partial charge in [-0.1, -0.05) is 13.8 Å². The Morgan fingerprint density at radius 3 is 2.52 bits per heavy atom. The fraction of sp³-hybridized carbons (Fsp3) is 0.364. The normalized spacial score (nSPS) is 14.7. The van der Waals surface area contributed by atoms with Crippen LogP contribution in [0.15, 0.2) is 52.8 Å². The molecule has 1 aliphatic heterocycles. The molecule has 1 saturated heterocycles. The lowest BCUT2D eigenvalue weighted by Gasteiger charge is -2.27. The van der Waals surface area contributed by atoms with Gasteiger partial charge in [0.2, 0.25) is 0 Å². The van der Waals surface area contributed by atoms with E-state index >= 15 is 0 Å². The maximum atomic E-state index is 12.9. The highest BCUT2D eigenvalue weighted by molar-refractivity contribution is 6.05. The fourth-order valence-corrected chi connectivity index (χ4v) is 2.76. The van der Waals surface area contributed by atoms with Crippen molar-refractivity contribution in [2.75, 3.05) is 32.9 Å². The van der Waals surface area contributed by atoms with Crippen molar-refractivity contribution in [1.29, 1.82) is 0 Å². The highest BCUT2D eigenvalue weighted by Crippen LogP contribution is 2.15. The summed E-state index contributed by atoms with van der Waals surface area (Å²) in [7, 11) is 0. The molecule has 1 aromatic carbocycles. The Morgan fingerprint density at radius 2 is 1.90 bits per heavy atom. The Hall–Kier alpha value is -3.06. The van der Waals surface area contributed by atoms with Crippen molar-refractivity contribution in [1.82, 2.24) is 10.2 Å². The number of nitrogens with one attached hydrogen (secondary N) is 1. The molecule has 0 atom stereocenters. The molecular formula is C22H26N2O5. The quantitative estimate of drug-likeness (QED) is 0.726. The van der Waals surface area contributed by atoms with E-state index in [9.17, 15) is 9.59 Å². The molecule has 1 N–H and O–H groups in total. The van der Waals surface area contributed by atoms with Crippen LogP contribution in [0.4, 0.5) is 0 Å². The molecule has 0 unspecified atom stereocenters. The minimum atomic E-state index is -0.375. The molecule has 29 heavy (non-hydrogen) atoms. The topological polar surface area (TPSA) is 81.0 Å². The summed E-state index contributed by atoms with van der Waals surface area (Å²) in [5.41, 5.74) is 0.592. The summed E-state index contributed by atoms with van der Waals surface area (Å²) in [5.74, 6) is 0.957. The Kier molecular flexibility index (Phi) is 7.08. The van der Waals surface area contributed by atoms with Gasteiger partial charge >= 0.3 is 0 Å². The van der Waals surface area contributed by atoms with Gasteiger partial charge in [0, 0.05) is 24.7 Å². The van der Waals surface area contributed by atoms with Crippen molar-refractivity contribution < 1.29 is 23.5 Å². The lowest BCUT2D eigenvalue weighted by molar-refractivity contribution is -0.131. The van der Waals surface area contributed by atoms with Gasteiger partial charge in [-0.05, 0) is 42.3 Å². The van der Waals surface area contributed by atoms with Gasteiger partial charge in [0.15, 0.2) is 0 Å². The van der Waals surface area contributed by atoms with Gasteiger partial charge < -0.3 is 24.1 Å². The minimum absolute atomic E-state index is 0.159. The third-order valence-corrected chi connectivity index (χ3v) is 4.31. The zero-order chi connectivity index (χ0) is 20.6. The van der Waals surface area contributed by atoms with Crippen LogP contribution in [0.3, 0.4) is 0 Å². The molecule has 0 saturated carbocycles. The highest BCUT2D eigenvalue weighted by atomic mass is 16.5. The molecule has 2 aromatic rings. The SMILES string of the molecule is CC(C)COc1ccc(C(=O)N/C(=C\c2ccco2)C(=O)N2CCOCC2)cc1. The van der Waals surface area contributed by atoms with E-state index in [1.165, 1.54) is 12.3 Å². The van der Waals surface area contributed by atoms with Gasteiger partial charge in [-0.2, -0.15) is 0 Å². The van der Waals surface area contributed by atoms with E-state index in [0.717, 1.165) is 0 Å². The molecule has 1 fully saturated rings. The summed E-state index contributed by atoms with van der Waals surface area (Å²) in [6.45, 7) is 6.66. The second-order valence-corrected chi connectivity index (χ2v) is 7.16. The smallest absolute Gasteiger partial charge is 0.270 e. The number of hydrogen-bond acceptors (Lipinski definition) is 5. The van der Waals surface area contributed by atoms with Crippen molar-refractivity contribution in [3.8, 4) is 5.75 Å². The Bertz CT molecular complexity index is 835. The molecular weight excluding hydrogens is 372 g/mol. The molecule has 2 amide bonds. The number of rotatable bonds is 7. The number of nitrogens with zero attached hydrogens (tertiary/aromatic N) is 1. The largest absolute Gasteiger partial charge is 0.493 e. The zero-order valence-corrected chi connectivity index (χ0v) is 16.7. The first-order chi connectivity index (χ1) is 14.0. The van der Waals surface area contributed by atoms with Crippen LogP contribution in [0.2, 0.25) is 0 Å². The van der Waals surface area contributed by atoms with E-state index < -0.39 is 0 Å². The van der Waals surface area contributed by atoms with Crippen LogP contribution in [0, 0.1) is 5.92 Å². The molecule has 2 heterocycles. The molecule has 1 aliphatic rings. The number of carbonyl (C=O) groups is 2. The first-order valence-electron chi connectivity index (χ1n) is 9.69. The van der Waals surface area contributed by atoms with Gasteiger partial charge in [-0.3, -0.25) is 9.59 Å². The van der Waals surface area contributed by atoms with E-state index in [1.807, 2.05) is 0 Å². The van der Waals surface area contributed by atoms with Crippen molar-refractivity contribution in [3.63, 3.8) is 0 Å². The number of carbonyl (C=O) groups excluding carboxylic acids is 2. The fourth-order valence-electron chi connectivity index (χ4n) is 2.76. The predicted octanol–water partition coefficient (Wildman–Crippen LogP) is 2.94. The van der Waals surface area contributed by atoms with Gasteiger partial charge in [0.25, 0.3) is 11.8 Å². The lowest BCUT2D eigenvalue weighted by atomic mass is 10.2. The Balaban J connectivity index is 1.73. The summed E-state index contributed by atoms with van der Waals surface area (Å²) < 4.78 is 16.3. The standard InChI is InChI=1S/C22H26N2O5/c1-16(2)15-29-18-7-5-17(6-8-18)21(25)23-20(14-19-4-3-11-28-19)22(26)24-9-12-27-13-10-24/h3-8,11,14,16H,9-10,12-13,15H2,1-2H3,(H,23,25)/b20-14-. The number of amides is 2. The van der Waals surface area contributed by atoms with Crippen molar-refractivity contribution >= 4 is 17.9 Å². The second kappa shape index (κ2) is 9.93. The predicted molar refractivity (Wildman–Crippen MR) is 108 cm³/mol. The highest BCUT2D eigenvalue weighted by Gasteiger charge is 2.23. The summed E-state index contributed by atoms with van der Waals surface area (Å²) in [6, 6.07) is 10.3. The van der Waals surface area contributed by atoms with Crippen LogP contribution in [-0.4, -0.2) is 49.6 Å². The van der Waals surface area contributed by atoms with Crippen LogP contribution in [-0.2, 0) is 9.53 Å². The molecule has 7 nitrogen and oxygen atoms in total. The van der Waals surface area contributed by atoms with E-state index in [0.29, 0.717) is 55.9 Å². The van der Waals surface area contributed by atoms with Crippen molar-refractivity contribution in [3.05, 3.63) is 59.7 Å². The van der Waals surface area contributed by atoms with Crippen molar-refractivity contribution in [2.45, 2.75) is 13.8 Å². The molecule has 7 heteroatoms. The van der Waals surface area contributed by atoms with Crippen LogP contribution < -0.4 is 10.1 Å². The maximum absolute atomic E-state index is 12.9. The Labute approximate surface area is 170 Å².